The Labute approximate surface area is 145 Å². The lowest BCUT2D eigenvalue weighted by Gasteiger charge is -2.34. The van der Waals surface area contributed by atoms with Crippen LogP contribution in [0.25, 0.3) is 11.3 Å². The second-order valence-corrected chi connectivity index (χ2v) is 6.71. The number of likely N-dealkylation sites (tertiary alicyclic amines) is 1. The number of aromatic nitrogens is 2. The van der Waals surface area contributed by atoms with E-state index in [1.54, 1.807) is 6.07 Å². The molecule has 1 fully saturated rings. The average Bonchev–Trinajstić information content (AvgIpc) is 3.06. The van der Waals surface area contributed by atoms with Crippen LogP contribution in [-0.2, 0) is 0 Å². The van der Waals surface area contributed by atoms with Crippen molar-refractivity contribution in [1.29, 1.82) is 0 Å². The minimum atomic E-state index is -0.497. The van der Waals surface area contributed by atoms with Gasteiger partial charge in [-0.25, -0.2) is 4.39 Å². The maximum absolute atomic E-state index is 13.4. The van der Waals surface area contributed by atoms with Gasteiger partial charge in [0, 0.05) is 24.7 Å². The van der Waals surface area contributed by atoms with Crippen molar-refractivity contribution in [3.05, 3.63) is 40.8 Å². The largest absolute Gasteiger partial charge is 0.338 e. The number of hydrogen-bond acceptors (Lipinski definition) is 3. The molecule has 3 N–H and O–H groups in total. The number of aromatic amines is 1. The highest BCUT2D eigenvalue weighted by atomic mass is 35.5. The zero-order valence-corrected chi connectivity index (χ0v) is 14.2. The monoisotopic (exact) mass is 350 g/mol. The lowest BCUT2D eigenvalue weighted by atomic mass is 9.91. The summed E-state index contributed by atoms with van der Waals surface area (Å²) in [5.74, 6) is -0.286. The zero-order valence-electron chi connectivity index (χ0n) is 13.4. The van der Waals surface area contributed by atoms with Crippen molar-refractivity contribution in [3.63, 3.8) is 0 Å². The summed E-state index contributed by atoms with van der Waals surface area (Å²) in [5.41, 5.74) is 7.63. The van der Waals surface area contributed by atoms with Gasteiger partial charge < -0.3 is 10.6 Å². The molecule has 3 rings (SSSR count). The summed E-state index contributed by atoms with van der Waals surface area (Å²) in [6.07, 6.45) is 3.48. The molecule has 2 atom stereocenters. The molecule has 1 aromatic heterocycles. The van der Waals surface area contributed by atoms with Gasteiger partial charge in [-0.05, 0) is 43.9 Å². The molecule has 1 aliphatic heterocycles. The van der Waals surface area contributed by atoms with Crippen LogP contribution in [0.5, 0.6) is 0 Å². The number of carbonyl (C=O) groups excluding carboxylic acids is 1. The van der Waals surface area contributed by atoms with Crippen LogP contribution in [0.1, 0.15) is 30.1 Å². The molecule has 0 aliphatic carbocycles. The fourth-order valence-corrected chi connectivity index (χ4v) is 3.29. The van der Waals surface area contributed by atoms with Gasteiger partial charge >= 0.3 is 0 Å². The van der Waals surface area contributed by atoms with Crippen molar-refractivity contribution in [1.82, 2.24) is 15.1 Å². The lowest BCUT2D eigenvalue weighted by Crippen LogP contribution is -2.45. The molecule has 128 valence electrons. The molecular weight excluding hydrogens is 331 g/mol. The number of hydrogen-bond donors (Lipinski definition) is 2. The van der Waals surface area contributed by atoms with Crippen LogP contribution >= 0.6 is 11.6 Å². The normalized spacial score (nSPS) is 19.3. The van der Waals surface area contributed by atoms with Crippen LogP contribution in [0.2, 0.25) is 5.02 Å². The zero-order chi connectivity index (χ0) is 17.3. The van der Waals surface area contributed by atoms with Gasteiger partial charge in [-0.1, -0.05) is 11.6 Å². The van der Waals surface area contributed by atoms with E-state index in [0.29, 0.717) is 35.8 Å². The van der Waals surface area contributed by atoms with Crippen LogP contribution in [0.4, 0.5) is 4.39 Å². The third-order valence-corrected chi connectivity index (χ3v) is 4.86. The number of amides is 1. The topological polar surface area (TPSA) is 75.0 Å². The van der Waals surface area contributed by atoms with Crippen LogP contribution in [0, 0.1) is 11.7 Å². The van der Waals surface area contributed by atoms with Gasteiger partial charge in [0.05, 0.1) is 22.5 Å². The van der Waals surface area contributed by atoms with E-state index in [2.05, 4.69) is 10.2 Å². The van der Waals surface area contributed by atoms with E-state index in [4.69, 9.17) is 17.3 Å². The molecule has 0 saturated carbocycles. The number of nitrogens with one attached hydrogen (secondary N) is 1. The van der Waals surface area contributed by atoms with Gasteiger partial charge in [0.1, 0.15) is 5.82 Å². The molecule has 2 aromatic rings. The first-order valence-electron chi connectivity index (χ1n) is 8.01. The quantitative estimate of drug-likeness (QED) is 0.893. The molecular formula is C17H20ClFN4O. The second-order valence-electron chi connectivity index (χ2n) is 6.30. The van der Waals surface area contributed by atoms with Crippen LogP contribution in [-0.4, -0.2) is 40.1 Å². The highest BCUT2D eigenvalue weighted by molar-refractivity contribution is 6.31. The SMILES string of the molecule is C[C@H](N)[C@H]1CCCN(C(=O)c2cn[nH]c2-c2ccc(F)c(Cl)c2)C1. The highest BCUT2D eigenvalue weighted by Gasteiger charge is 2.28. The van der Waals surface area contributed by atoms with Crippen molar-refractivity contribution in [2.45, 2.75) is 25.8 Å². The van der Waals surface area contributed by atoms with Crippen LogP contribution in [0.15, 0.2) is 24.4 Å². The summed E-state index contributed by atoms with van der Waals surface area (Å²) in [5, 5.41) is 6.82. The fourth-order valence-electron chi connectivity index (χ4n) is 3.11. The molecule has 2 heterocycles. The minimum Gasteiger partial charge on any atom is -0.338 e. The number of H-pyrrole nitrogens is 1. The van der Waals surface area contributed by atoms with E-state index < -0.39 is 5.82 Å². The Morgan fingerprint density at radius 3 is 3.04 bits per heavy atom. The molecule has 1 saturated heterocycles. The van der Waals surface area contributed by atoms with Crippen molar-refractivity contribution in [3.8, 4) is 11.3 Å². The van der Waals surface area contributed by atoms with E-state index in [9.17, 15) is 9.18 Å². The Morgan fingerprint density at radius 1 is 1.54 bits per heavy atom. The summed E-state index contributed by atoms with van der Waals surface area (Å²) in [6, 6.07) is 4.40. The van der Waals surface area contributed by atoms with Gasteiger partial charge in [-0.3, -0.25) is 9.89 Å². The van der Waals surface area contributed by atoms with Crippen molar-refractivity contribution in [2.24, 2.45) is 11.7 Å². The number of piperidine rings is 1. The predicted molar refractivity (Wildman–Crippen MR) is 91.3 cm³/mol. The molecule has 0 unspecified atom stereocenters. The summed E-state index contributed by atoms with van der Waals surface area (Å²) in [7, 11) is 0. The molecule has 0 bridgehead atoms. The first-order valence-corrected chi connectivity index (χ1v) is 8.39. The Morgan fingerprint density at radius 2 is 2.33 bits per heavy atom. The van der Waals surface area contributed by atoms with Gasteiger partial charge in [-0.15, -0.1) is 0 Å². The molecule has 1 aliphatic rings. The summed E-state index contributed by atoms with van der Waals surface area (Å²) in [6.45, 7) is 3.32. The molecule has 5 nitrogen and oxygen atoms in total. The summed E-state index contributed by atoms with van der Waals surface area (Å²) >= 11 is 5.85. The Balaban J connectivity index is 1.86. The molecule has 1 aromatic carbocycles. The standard InChI is InChI=1S/C17H20ClFN4O/c1-10(20)12-3-2-6-23(9-12)17(24)13-8-21-22-16(13)11-4-5-15(19)14(18)7-11/h4-5,7-8,10,12H,2-3,6,9,20H2,1H3,(H,21,22)/t10-,12-/m0/s1. The maximum atomic E-state index is 13.4. The molecule has 1 amide bonds. The molecule has 0 spiro atoms. The lowest BCUT2D eigenvalue weighted by molar-refractivity contribution is 0.0662. The summed E-state index contributed by atoms with van der Waals surface area (Å²) in [4.78, 5) is 14.7. The molecule has 7 heteroatoms. The number of rotatable bonds is 3. The third-order valence-electron chi connectivity index (χ3n) is 4.57. The van der Waals surface area contributed by atoms with Crippen molar-refractivity contribution >= 4 is 17.5 Å². The van der Waals surface area contributed by atoms with E-state index in [1.807, 2.05) is 11.8 Å². The van der Waals surface area contributed by atoms with E-state index in [0.717, 1.165) is 12.8 Å². The molecule has 24 heavy (non-hydrogen) atoms. The first kappa shape index (κ1) is 16.9. The number of halogens is 2. The maximum Gasteiger partial charge on any atom is 0.257 e. The van der Waals surface area contributed by atoms with Crippen LogP contribution in [0.3, 0.4) is 0 Å². The average molecular weight is 351 g/mol. The van der Waals surface area contributed by atoms with Crippen LogP contribution < -0.4 is 5.73 Å². The smallest absolute Gasteiger partial charge is 0.257 e. The van der Waals surface area contributed by atoms with Gasteiger partial charge in [0.25, 0.3) is 5.91 Å². The number of nitrogens with zero attached hydrogens (tertiary/aromatic N) is 2. The highest BCUT2D eigenvalue weighted by Crippen LogP contribution is 2.28. The van der Waals surface area contributed by atoms with Crippen molar-refractivity contribution < 1.29 is 9.18 Å². The van der Waals surface area contributed by atoms with E-state index >= 15 is 0 Å². The predicted octanol–water partition coefficient (Wildman–Crippen LogP) is 3.07. The van der Waals surface area contributed by atoms with Gasteiger partial charge in [-0.2, -0.15) is 5.10 Å². The third kappa shape index (κ3) is 3.30. The van der Waals surface area contributed by atoms with Crippen molar-refractivity contribution in [2.75, 3.05) is 13.1 Å². The van der Waals surface area contributed by atoms with Gasteiger partial charge in [0.2, 0.25) is 0 Å². The summed E-state index contributed by atoms with van der Waals surface area (Å²) < 4.78 is 13.4. The number of carbonyl (C=O) groups is 1. The fraction of sp³-hybridized carbons (Fsp3) is 0.412. The first-order chi connectivity index (χ1) is 11.5. The number of benzene rings is 1. The second kappa shape index (κ2) is 6.91. The molecule has 0 radical (unpaired) electrons. The number of nitrogens with two attached hydrogens (primary N) is 1. The van der Waals surface area contributed by atoms with Gasteiger partial charge in [0.15, 0.2) is 0 Å². The Kier molecular flexibility index (Phi) is 4.87. The van der Waals surface area contributed by atoms with E-state index in [-0.39, 0.29) is 17.0 Å². The van der Waals surface area contributed by atoms with E-state index in [1.165, 1.54) is 18.3 Å². The Bertz CT molecular complexity index is 746. The minimum absolute atomic E-state index is 0.00971. The Hall–Kier alpha value is -1.92.